The second-order valence-electron chi connectivity index (χ2n) is 7.70. The zero-order valence-electron chi connectivity index (χ0n) is 18.0. The third-order valence-electron chi connectivity index (χ3n) is 5.60. The Balaban J connectivity index is 0.00000199. The lowest BCUT2D eigenvalue weighted by Gasteiger charge is -2.30. The molecule has 0 aromatic heterocycles. The highest BCUT2D eigenvalue weighted by atomic mass is 19.4. The van der Waals surface area contributed by atoms with Gasteiger partial charge in [0.25, 0.3) is 0 Å². The first kappa shape index (κ1) is 27.1. The first-order valence-electron chi connectivity index (χ1n) is 10.1. The molecule has 1 saturated carbocycles. The molecule has 4 nitrogen and oxygen atoms in total. The number of benzene rings is 2. The van der Waals surface area contributed by atoms with Gasteiger partial charge in [-0.05, 0) is 61.1 Å². The van der Waals surface area contributed by atoms with Crippen LogP contribution < -0.4 is 10.1 Å². The number of ether oxygens (including phenoxy) is 1. The molecule has 1 N–H and O–H groups in total. The molecule has 186 valence electrons. The summed E-state index contributed by atoms with van der Waals surface area (Å²) in [6, 6.07) is 5.05. The second-order valence-corrected chi connectivity index (χ2v) is 7.70. The molecule has 2 aromatic rings. The van der Waals surface area contributed by atoms with Gasteiger partial charge >= 0.3 is 12.4 Å². The summed E-state index contributed by atoms with van der Waals surface area (Å²) in [7, 11) is 1.26. The van der Waals surface area contributed by atoms with Crippen molar-refractivity contribution in [1.29, 1.82) is 0 Å². The molecule has 0 heterocycles. The fraction of sp³-hybridized carbons (Fsp3) is 0.391. The highest BCUT2D eigenvalue weighted by molar-refractivity contribution is 5.92. The van der Waals surface area contributed by atoms with Gasteiger partial charge in [-0.15, -0.1) is 0 Å². The first-order chi connectivity index (χ1) is 15.9. The first-order valence-corrected chi connectivity index (χ1v) is 10.1. The molecule has 2 unspecified atom stereocenters. The number of amides is 1. The lowest BCUT2D eigenvalue weighted by atomic mass is 9.77. The maximum absolute atomic E-state index is 14.1. The Kier molecular flexibility index (Phi) is 8.68. The molecule has 1 amide bonds. The minimum atomic E-state index is -4.71. The van der Waals surface area contributed by atoms with Gasteiger partial charge in [0.15, 0.2) is 0 Å². The van der Waals surface area contributed by atoms with Crippen LogP contribution in [0, 0.1) is 11.7 Å². The lowest BCUT2D eigenvalue weighted by Crippen LogP contribution is -2.28. The third kappa shape index (κ3) is 6.48. The second kappa shape index (κ2) is 10.9. The number of rotatable bonds is 4. The Bertz CT molecular complexity index is 1010. The summed E-state index contributed by atoms with van der Waals surface area (Å²) in [6.07, 6.45) is -7.25. The van der Waals surface area contributed by atoms with Crippen LogP contribution in [0.2, 0.25) is 0 Å². The predicted molar refractivity (Wildman–Crippen MR) is 110 cm³/mol. The number of carbonyl (C=O) groups excluding carboxylic acids is 2. The van der Waals surface area contributed by atoms with Crippen molar-refractivity contribution in [2.75, 3.05) is 12.4 Å². The number of hydrogen-bond acceptors (Lipinski definition) is 3. The highest BCUT2D eigenvalue weighted by Crippen LogP contribution is 2.42. The molecule has 1 aliphatic carbocycles. The van der Waals surface area contributed by atoms with Gasteiger partial charge in [-0.25, -0.2) is 4.39 Å². The number of halogens is 7. The molecule has 3 rings (SSSR count). The van der Waals surface area contributed by atoms with E-state index in [1.165, 1.54) is 13.2 Å². The van der Waals surface area contributed by atoms with E-state index in [-0.39, 0.29) is 23.8 Å². The van der Waals surface area contributed by atoms with Crippen LogP contribution in [0.3, 0.4) is 0 Å². The molecule has 0 radical (unpaired) electrons. The number of methoxy groups -OCH3 is 1. The van der Waals surface area contributed by atoms with Crippen molar-refractivity contribution in [2.45, 2.75) is 44.0 Å². The molecule has 1 aliphatic rings. The van der Waals surface area contributed by atoms with Crippen LogP contribution in [0.4, 0.5) is 36.4 Å². The SMILES string of the molecule is C=O.COc1cc(C(F)(F)F)ccc1C1CCCC(C(=O)Nc2ccc(C(F)(F)F)cc2F)C1. The molecule has 0 aliphatic heterocycles. The molecule has 34 heavy (non-hydrogen) atoms. The van der Waals surface area contributed by atoms with Gasteiger partial charge in [0.05, 0.1) is 23.9 Å². The normalized spacial score (nSPS) is 18.5. The Hall–Kier alpha value is -3.11. The topological polar surface area (TPSA) is 55.4 Å². The fourth-order valence-corrected chi connectivity index (χ4v) is 3.96. The molecular formula is C23H22F7NO3. The summed E-state index contributed by atoms with van der Waals surface area (Å²) in [5.74, 6) is -2.53. The standard InChI is InChI=1S/C22H20F7NO2.CH2O/c1-32-19-11-15(22(27,28)29)5-7-16(19)12-3-2-4-13(9-12)20(31)30-18-8-6-14(10-17(18)23)21(24,25)26;1-2/h5-8,10-13H,2-4,9H2,1H3,(H,30,31);1H2. The van der Waals surface area contributed by atoms with E-state index in [1.54, 1.807) is 0 Å². The van der Waals surface area contributed by atoms with E-state index < -0.39 is 41.1 Å². The summed E-state index contributed by atoms with van der Waals surface area (Å²) >= 11 is 0. The lowest BCUT2D eigenvalue weighted by molar-refractivity contribution is -0.138. The van der Waals surface area contributed by atoms with E-state index in [2.05, 4.69) is 5.32 Å². The van der Waals surface area contributed by atoms with Crippen LogP contribution in [0.5, 0.6) is 5.75 Å². The van der Waals surface area contributed by atoms with Crippen LogP contribution in [0.1, 0.15) is 48.3 Å². The maximum Gasteiger partial charge on any atom is 0.416 e. The van der Waals surface area contributed by atoms with Crippen LogP contribution in [-0.2, 0) is 21.9 Å². The van der Waals surface area contributed by atoms with Crippen LogP contribution in [0.25, 0.3) is 0 Å². The van der Waals surface area contributed by atoms with Gasteiger partial charge in [-0.1, -0.05) is 12.5 Å². The third-order valence-corrected chi connectivity index (χ3v) is 5.60. The van der Waals surface area contributed by atoms with Crippen LogP contribution in [0.15, 0.2) is 36.4 Å². The summed E-state index contributed by atoms with van der Waals surface area (Å²) in [6.45, 7) is 2.00. The Labute approximate surface area is 191 Å². The number of carbonyl (C=O) groups is 2. The summed E-state index contributed by atoms with van der Waals surface area (Å²) in [5, 5.41) is 2.33. The largest absolute Gasteiger partial charge is 0.496 e. The Morgan fingerprint density at radius 3 is 2.12 bits per heavy atom. The fourth-order valence-electron chi connectivity index (χ4n) is 3.96. The van der Waals surface area contributed by atoms with E-state index in [0.717, 1.165) is 18.2 Å². The Morgan fingerprint density at radius 2 is 1.56 bits per heavy atom. The summed E-state index contributed by atoms with van der Waals surface area (Å²) in [4.78, 5) is 20.6. The summed E-state index contributed by atoms with van der Waals surface area (Å²) < 4.78 is 96.2. The predicted octanol–water partition coefficient (Wildman–Crippen LogP) is 6.60. The number of anilines is 1. The molecule has 2 aromatic carbocycles. The molecule has 0 spiro atoms. The smallest absolute Gasteiger partial charge is 0.416 e. The minimum absolute atomic E-state index is 0.0691. The summed E-state index contributed by atoms with van der Waals surface area (Å²) in [5.41, 5.74) is -1.84. The van der Waals surface area contributed by atoms with Gasteiger partial charge in [0.1, 0.15) is 18.4 Å². The monoisotopic (exact) mass is 493 g/mol. The van der Waals surface area contributed by atoms with Crippen molar-refractivity contribution in [3.63, 3.8) is 0 Å². The average Bonchev–Trinajstić information content (AvgIpc) is 2.80. The number of hydrogen-bond donors (Lipinski definition) is 1. The van der Waals surface area contributed by atoms with Gasteiger partial charge in [-0.2, -0.15) is 26.3 Å². The van der Waals surface area contributed by atoms with E-state index in [1.807, 2.05) is 6.79 Å². The van der Waals surface area contributed by atoms with Crippen molar-refractivity contribution in [1.82, 2.24) is 0 Å². The van der Waals surface area contributed by atoms with Crippen molar-refractivity contribution in [3.05, 3.63) is 58.9 Å². The van der Waals surface area contributed by atoms with Crippen molar-refractivity contribution < 1.29 is 45.1 Å². The minimum Gasteiger partial charge on any atom is -0.496 e. The molecule has 11 heteroatoms. The molecule has 1 fully saturated rings. The molecule has 0 bridgehead atoms. The number of alkyl halides is 6. The van der Waals surface area contributed by atoms with Crippen molar-refractivity contribution in [2.24, 2.45) is 5.92 Å². The van der Waals surface area contributed by atoms with E-state index in [0.29, 0.717) is 37.0 Å². The average molecular weight is 493 g/mol. The van der Waals surface area contributed by atoms with Crippen LogP contribution >= 0.6 is 0 Å². The maximum atomic E-state index is 14.1. The van der Waals surface area contributed by atoms with E-state index in [4.69, 9.17) is 9.53 Å². The van der Waals surface area contributed by atoms with Gasteiger partial charge in [-0.3, -0.25) is 4.79 Å². The van der Waals surface area contributed by atoms with E-state index >= 15 is 0 Å². The highest BCUT2D eigenvalue weighted by Gasteiger charge is 2.35. The van der Waals surface area contributed by atoms with Crippen molar-refractivity contribution >= 4 is 18.4 Å². The molecule has 0 saturated heterocycles. The van der Waals surface area contributed by atoms with Gasteiger partial charge in [0.2, 0.25) is 5.91 Å². The Morgan fingerprint density at radius 1 is 0.971 bits per heavy atom. The van der Waals surface area contributed by atoms with E-state index in [9.17, 15) is 35.5 Å². The van der Waals surface area contributed by atoms with Crippen molar-refractivity contribution in [3.8, 4) is 5.75 Å². The zero-order valence-corrected chi connectivity index (χ0v) is 18.0. The van der Waals surface area contributed by atoms with Crippen LogP contribution in [-0.4, -0.2) is 19.8 Å². The quantitative estimate of drug-likeness (QED) is 0.489. The van der Waals surface area contributed by atoms with Gasteiger partial charge < -0.3 is 14.8 Å². The molecular weight excluding hydrogens is 471 g/mol. The zero-order chi connectivity index (χ0) is 25.7. The van der Waals surface area contributed by atoms with Gasteiger partial charge in [0, 0.05) is 5.92 Å². The number of nitrogens with one attached hydrogen (secondary N) is 1. The molecule has 2 atom stereocenters.